The quantitative estimate of drug-likeness (QED) is 0.574. The normalized spacial score (nSPS) is 11.2. The highest BCUT2D eigenvalue weighted by Crippen LogP contribution is 2.32. The molecule has 3 heterocycles. The second-order valence-corrected chi connectivity index (χ2v) is 6.59. The van der Waals surface area contributed by atoms with Crippen molar-refractivity contribution in [1.29, 1.82) is 0 Å². The molecule has 27 heavy (non-hydrogen) atoms. The fourth-order valence-corrected chi connectivity index (χ4v) is 3.30. The van der Waals surface area contributed by atoms with Gasteiger partial charge in [-0.3, -0.25) is 0 Å². The summed E-state index contributed by atoms with van der Waals surface area (Å²) < 4.78 is 6.74. The average Bonchev–Trinajstić information content (AvgIpc) is 3.01. The largest absolute Gasteiger partial charge is 0.507 e. The minimum atomic E-state index is -0.624. The second-order valence-electron chi connectivity index (χ2n) is 6.15. The maximum atomic E-state index is 12.4. The maximum absolute atomic E-state index is 12.4. The van der Waals surface area contributed by atoms with E-state index in [9.17, 15) is 9.90 Å². The second kappa shape index (κ2) is 6.55. The number of aromatic nitrogens is 3. The lowest BCUT2D eigenvalue weighted by Crippen LogP contribution is -2.08. The van der Waals surface area contributed by atoms with E-state index in [1.54, 1.807) is 23.7 Å². The Balaban J connectivity index is 2.04. The van der Waals surface area contributed by atoms with Crippen LogP contribution >= 0.6 is 11.6 Å². The molecule has 0 amide bonds. The predicted molar refractivity (Wildman–Crippen MR) is 103 cm³/mol. The zero-order valence-electron chi connectivity index (χ0n) is 14.7. The predicted octanol–water partition coefficient (Wildman–Crippen LogP) is 4.25. The molecule has 1 N–H and O–H groups in total. The van der Waals surface area contributed by atoms with E-state index in [1.807, 2.05) is 31.2 Å². The first kappa shape index (κ1) is 17.3. The minimum Gasteiger partial charge on any atom is -0.507 e. The van der Waals surface area contributed by atoms with Gasteiger partial charge in [-0.1, -0.05) is 30.7 Å². The highest BCUT2D eigenvalue weighted by Gasteiger charge is 2.21. The van der Waals surface area contributed by atoms with E-state index in [0.717, 1.165) is 16.8 Å². The van der Waals surface area contributed by atoms with Gasteiger partial charge in [0, 0.05) is 22.8 Å². The van der Waals surface area contributed by atoms with Gasteiger partial charge < -0.3 is 9.52 Å². The lowest BCUT2D eigenvalue weighted by atomic mass is 10.0. The molecule has 0 spiro atoms. The van der Waals surface area contributed by atoms with Gasteiger partial charge in [0.05, 0.1) is 11.4 Å². The summed E-state index contributed by atoms with van der Waals surface area (Å²) in [5.41, 5.74) is 3.06. The summed E-state index contributed by atoms with van der Waals surface area (Å²) in [5, 5.41) is 15.6. The summed E-state index contributed by atoms with van der Waals surface area (Å²) in [4.78, 5) is 16.8. The standard InChI is InChI=1S/C20H16ClN3O3/c1-3-14-17(12-4-6-13(21)7-5-12)19-22-9-8-15(24(19)23-14)18-16(25)10-11(2)27-20(18)26/h4-10,25H,3H2,1-2H3. The lowest BCUT2D eigenvalue weighted by molar-refractivity contribution is 0.437. The molecule has 0 atom stereocenters. The van der Waals surface area contributed by atoms with Crippen LogP contribution in [0.1, 0.15) is 18.4 Å². The molecule has 136 valence electrons. The molecule has 0 aliphatic carbocycles. The molecule has 0 radical (unpaired) electrons. The molecule has 0 saturated heterocycles. The Kier molecular flexibility index (Phi) is 4.20. The van der Waals surface area contributed by atoms with Gasteiger partial charge >= 0.3 is 5.63 Å². The van der Waals surface area contributed by atoms with Crippen LogP contribution in [-0.2, 0) is 6.42 Å². The smallest absolute Gasteiger partial charge is 0.349 e. The van der Waals surface area contributed by atoms with Gasteiger partial charge in [0.25, 0.3) is 0 Å². The average molecular weight is 382 g/mol. The lowest BCUT2D eigenvalue weighted by Gasteiger charge is -2.06. The Morgan fingerprint density at radius 1 is 1.19 bits per heavy atom. The van der Waals surface area contributed by atoms with Gasteiger partial charge in [-0.25, -0.2) is 14.3 Å². The van der Waals surface area contributed by atoms with Crippen molar-refractivity contribution in [2.45, 2.75) is 20.3 Å². The van der Waals surface area contributed by atoms with E-state index < -0.39 is 5.63 Å². The van der Waals surface area contributed by atoms with E-state index in [4.69, 9.17) is 16.0 Å². The number of rotatable bonds is 3. The van der Waals surface area contributed by atoms with E-state index in [1.165, 1.54) is 6.07 Å². The van der Waals surface area contributed by atoms with Crippen molar-refractivity contribution in [3.05, 3.63) is 69.5 Å². The molecular weight excluding hydrogens is 366 g/mol. The van der Waals surface area contributed by atoms with E-state index in [-0.39, 0.29) is 11.3 Å². The van der Waals surface area contributed by atoms with Crippen LogP contribution in [0.2, 0.25) is 5.02 Å². The third-order valence-corrected chi connectivity index (χ3v) is 4.62. The zero-order valence-corrected chi connectivity index (χ0v) is 15.5. The Bertz CT molecular complexity index is 1210. The van der Waals surface area contributed by atoms with E-state index >= 15 is 0 Å². The Morgan fingerprint density at radius 2 is 1.93 bits per heavy atom. The van der Waals surface area contributed by atoms with Crippen LogP contribution in [0.5, 0.6) is 5.75 Å². The van der Waals surface area contributed by atoms with Crippen LogP contribution in [0.15, 0.2) is 51.8 Å². The molecule has 0 aliphatic heterocycles. The first-order chi connectivity index (χ1) is 13.0. The highest BCUT2D eigenvalue weighted by molar-refractivity contribution is 6.30. The topological polar surface area (TPSA) is 80.6 Å². The Morgan fingerprint density at radius 3 is 2.59 bits per heavy atom. The van der Waals surface area contributed by atoms with Crippen molar-refractivity contribution < 1.29 is 9.52 Å². The fourth-order valence-electron chi connectivity index (χ4n) is 3.17. The van der Waals surface area contributed by atoms with Gasteiger partial charge in [-0.15, -0.1) is 0 Å². The van der Waals surface area contributed by atoms with Gasteiger partial charge in [0.2, 0.25) is 0 Å². The van der Waals surface area contributed by atoms with Crippen molar-refractivity contribution in [2.24, 2.45) is 0 Å². The minimum absolute atomic E-state index is 0.0563. The number of nitrogens with zero attached hydrogens (tertiary/aromatic N) is 3. The molecule has 3 aromatic heterocycles. The van der Waals surface area contributed by atoms with E-state index in [2.05, 4.69) is 10.1 Å². The number of benzene rings is 1. The van der Waals surface area contributed by atoms with Crippen molar-refractivity contribution in [3.8, 4) is 28.1 Å². The molecule has 4 aromatic rings. The summed E-state index contributed by atoms with van der Waals surface area (Å²) in [5.74, 6) is 0.181. The van der Waals surface area contributed by atoms with Gasteiger partial charge in [0.15, 0.2) is 5.65 Å². The van der Waals surface area contributed by atoms with Gasteiger partial charge in [0.1, 0.15) is 17.1 Å². The Labute approximate surface area is 159 Å². The van der Waals surface area contributed by atoms with Crippen LogP contribution in [-0.4, -0.2) is 19.7 Å². The van der Waals surface area contributed by atoms with Gasteiger partial charge in [-0.05, 0) is 37.1 Å². The van der Waals surface area contributed by atoms with Crippen molar-refractivity contribution in [3.63, 3.8) is 0 Å². The number of hydrogen-bond donors (Lipinski definition) is 1. The third-order valence-electron chi connectivity index (χ3n) is 4.37. The fraction of sp³-hybridized carbons (Fsp3) is 0.150. The summed E-state index contributed by atoms with van der Waals surface area (Å²) in [7, 11) is 0. The molecule has 0 bridgehead atoms. The van der Waals surface area contributed by atoms with Crippen molar-refractivity contribution in [2.75, 3.05) is 0 Å². The summed E-state index contributed by atoms with van der Waals surface area (Å²) in [6.07, 6.45) is 2.26. The van der Waals surface area contributed by atoms with Gasteiger partial charge in [-0.2, -0.15) is 5.10 Å². The first-order valence-corrected chi connectivity index (χ1v) is 8.84. The van der Waals surface area contributed by atoms with Crippen molar-refractivity contribution in [1.82, 2.24) is 14.6 Å². The number of aryl methyl sites for hydroxylation is 2. The van der Waals surface area contributed by atoms with Crippen LogP contribution in [0.4, 0.5) is 0 Å². The summed E-state index contributed by atoms with van der Waals surface area (Å²) >= 11 is 6.01. The van der Waals surface area contributed by atoms with Crippen LogP contribution in [0.3, 0.4) is 0 Å². The molecule has 0 aliphatic rings. The molecule has 7 heteroatoms. The molecule has 6 nitrogen and oxygen atoms in total. The van der Waals surface area contributed by atoms with Crippen molar-refractivity contribution >= 4 is 17.2 Å². The summed E-state index contributed by atoms with van der Waals surface area (Å²) in [6.45, 7) is 3.60. The zero-order chi connectivity index (χ0) is 19.1. The number of fused-ring (bicyclic) bond motifs is 1. The molecule has 1 aromatic carbocycles. The molecule has 0 unspecified atom stereocenters. The monoisotopic (exact) mass is 381 g/mol. The van der Waals surface area contributed by atoms with Crippen LogP contribution < -0.4 is 5.63 Å². The van der Waals surface area contributed by atoms with Crippen LogP contribution in [0.25, 0.3) is 28.0 Å². The van der Waals surface area contributed by atoms with E-state index in [0.29, 0.717) is 28.5 Å². The molecule has 0 fully saturated rings. The SMILES string of the molecule is CCc1nn2c(-c3c(O)cc(C)oc3=O)ccnc2c1-c1ccc(Cl)cc1. The molecular formula is C20H16ClN3O3. The van der Waals surface area contributed by atoms with Crippen LogP contribution in [0, 0.1) is 6.92 Å². The summed E-state index contributed by atoms with van der Waals surface area (Å²) in [6, 6.07) is 10.5. The number of aromatic hydroxyl groups is 1. The number of halogens is 1. The first-order valence-electron chi connectivity index (χ1n) is 8.46. The highest BCUT2D eigenvalue weighted by atomic mass is 35.5. The Hall–Kier alpha value is -3.12. The third kappa shape index (κ3) is 2.88. The molecule has 4 rings (SSSR count). The molecule has 0 saturated carbocycles. The number of hydrogen-bond acceptors (Lipinski definition) is 5. The maximum Gasteiger partial charge on any atom is 0.349 e.